The Kier molecular flexibility index (Phi) is 6.29. The van der Waals surface area contributed by atoms with Crippen molar-refractivity contribution in [3.63, 3.8) is 0 Å². The summed E-state index contributed by atoms with van der Waals surface area (Å²) in [5.41, 5.74) is 1.02. The molecule has 0 atom stereocenters. The highest BCUT2D eigenvalue weighted by Gasteiger charge is 2.15. The van der Waals surface area contributed by atoms with Crippen molar-refractivity contribution in [2.75, 3.05) is 13.7 Å². The fraction of sp³-hybridized carbons (Fsp3) is 0.150. The topological polar surface area (TPSA) is 83.7 Å². The first-order chi connectivity index (χ1) is 13.6. The van der Waals surface area contributed by atoms with E-state index in [0.29, 0.717) is 40.1 Å². The Morgan fingerprint density at radius 1 is 1.18 bits per heavy atom. The Morgan fingerprint density at radius 3 is 2.68 bits per heavy atom. The lowest BCUT2D eigenvalue weighted by Gasteiger charge is -2.10. The van der Waals surface area contributed by atoms with Gasteiger partial charge in [0, 0.05) is 10.6 Å². The molecular weight excluding hydrogens is 384 g/mol. The summed E-state index contributed by atoms with van der Waals surface area (Å²) in [4.78, 5) is 12.3. The van der Waals surface area contributed by atoms with Crippen LogP contribution in [-0.4, -0.2) is 29.9 Å². The van der Waals surface area contributed by atoms with Gasteiger partial charge in [-0.3, -0.25) is 0 Å². The number of carbonyl (C=O) groups excluding carboxylic acids is 1. The number of aromatic nitrogens is 2. The zero-order valence-electron chi connectivity index (χ0n) is 15.1. The molecule has 0 saturated carbocycles. The number of methoxy groups -OCH3 is 1. The van der Waals surface area contributed by atoms with Gasteiger partial charge in [-0.05, 0) is 42.5 Å². The molecule has 0 spiro atoms. The summed E-state index contributed by atoms with van der Waals surface area (Å²) in [5, 5.41) is 8.43. The monoisotopic (exact) mass is 400 g/mol. The van der Waals surface area contributed by atoms with Gasteiger partial charge in [-0.25, -0.2) is 4.79 Å². The minimum Gasteiger partial charge on any atom is -0.493 e. The highest BCUT2D eigenvalue weighted by atomic mass is 35.5. The molecule has 1 aromatic heterocycles. The summed E-state index contributed by atoms with van der Waals surface area (Å²) in [6, 6.07) is 11.7. The van der Waals surface area contributed by atoms with Gasteiger partial charge in [-0.15, -0.1) is 10.2 Å². The normalized spacial score (nSPS) is 10.4. The van der Waals surface area contributed by atoms with Gasteiger partial charge in [0.25, 0.3) is 5.89 Å². The quantitative estimate of drug-likeness (QED) is 0.411. The molecule has 2 aromatic carbocycles. The number of rotatable bonds is 8. The molecule has 0 radical (unpaired) electrons. The molecule has 3 rings (SSSR count). The second kappa shape index (κ2) is 9.05. The summed E-state index contributed by atoms with van der Waals surface area (Å²) >= 11 is 5.86. The van der Waals surface area contributed by atoms with Crippen LogP contribution in [0.2, 0.25) is 5.02 Å². The fourth-order valence-corrected chi connectivity index (χ4v) is 2.42. The summed E-state index contributed by atoms with van der Waals surface area (Å²) in [7, 11) is 1.49. The van der Waals surface area contributed by atoms with Crippen molar-refractivity contribution < 1.29 is 23.4 Å². The number of esters is 1. The minimum atomic E-state index is -0.556. The van der Waals surface area contributed by atoms with E-state index in [2.05, 4.69) is 16.8 Å². The summed E-state index contributed by atoms with van der Waals surface area (Å²) in [6.07, 6.45) is 1.62. The van der Waals surface area contributed by atoms with Crippen LogP contribution in [0.1, 0.15) is 16.2 Å². The zero-order valence-corrected chi connectivity index (χ0v) is 15.8. The highest BCUT2D eigenvalue weighted by molar-refractivity contribution is 6.30. The van der Waals surface area contributed by atoms with Crippen molar-refractivity contribution in [2.24, 2.45) is 0 Å². The molecule has 0 aliphatic heterocycles. The first kappa shape index (κ1) is 19.4. The lowest BCUT2D eigenvalue weighted by Crippen LogP contribution is -2.06. The standard InChI is InChI=1S/C20H17ClN2O5/c1-3-10-26-16-9-6-14(11-17(16)25-2)20(24)27-12-18-22-23-19(28-18)13-4-7-15(21)8-5-13/h3-9,11H,1,10,12H2,2H3. The molecule has 7 nitrogen and oxygen atoms in total. The van der Waals surface area contributed by atoms with Crippen LogP contribution in [0.15, 0.2) is 59.5 Å². The van der Waals surface area contributed by atoms with Crippen molar-refractivity contribution in [1.82, 2.24) is 10.2 Å². The van der Waals surface area contributed by atoms with Gasteiger partial charge in [-0.2, -0.15) is 0 Å². The third kappa shape index (κ3) is 4.69. The van der Waals surface area contributed by atoms with Crippen molar-refractivity contribution in [2.45, 2.75) is 6.61 Å². The van der Waals surface area contributed by atoms with Gasteiger partial charge in [0.15, 0.2) is 18.1 Å². The average molecular weight is 401 g/mol. The van der Waals surface area contributed by atoms with Crippen LogP contribution in [0, 0.1) is 0 Å². The number of hydrogen-bond acceptors (Lipinski definition) is 7. The van der Waals surface area contributed by atoms with E-state index < -0.39 is 5.97 Å². The number of hydrogen-bond donors (Lipinski definition) is 0. The van der Waals surface area contributed by atoms with E-state index in [1.807, 2.05) is 0 Å². The third-order valence-electron chi connectivity index (χ3n) is 3.64. The maximum absolute atomic E-state index is 12.3. The molecule has 144 valence electrons. The van der Waals surface area contributed by atoms with E-state index in [4.69, 9.17) is 30.2 Å². The fourth-order valence-electron chi connectivity index (χ4n) is 2.29. The number of ether oxygens (including phenoxy) is 3. The van der Waals surface area contributed by atoms with Gasteiger partial charge < -0.3 is 18.6 Å². The Labute approximate surface area is 166 Å². The van der Waals surface area contributed by atoms with Gasteiger partial charge in [0.2, 0.25) is 5.89 Å². The van der Waals surface area contributed by atoms with Crippen LogP contribution in [0.4, 0.5) is 0 Å². The van der Waals surface area contributed by atoms with Crippen molar-refractivity contribution in [3.05, 3.63) is 71.6 Å². The van der Waals surface area contributed by atoms with Crippen LogP contribution >= 0.6 is 11.6 Å². The SMILES string of the molecule is C=CCOc1ccc(C(=O)OCc2nnc(-c3ccc(Cl)cc3)o2)cc1OC. The highest BCUT2D eigenvalue weighted by Crippen LogP contribution is 2.28. The van der Waals surface area contributed by atoms with Crippen LogP contribution < -0.4 is 9.47 Å². The summed E-state index contributed by atoms with van der Waals surface area (Å²) in [5.74, 6) is 0.853. The van der Waals surface area contributed by atoms with E-state index >= 15 is 0 Å². The number of halogens is 1. The van der Waals surface area contributed by atoms with Gasteiger partial charge in [0.05, 0.1) is 12.7 Å². The van der Waals surface area contributed by atoms with Crippen molar-refractivity contribution in [3.8, 4) is 23.0 Å². The predicted octanol–water partition coefficient (Wildman–Crippen LogP) is 4.32. The number of carbonyl (C=O) groups is 1. The average Bonchev–Trinajstić information content (AvgIpc) is 3.20. The molecule has 0 bridgehead atoms. The minimum absolute atomic E-state index is 0.156. The van der Waals surface area contributed by atoms with Crippen LogP contribution in [0.25, 0.3) is 11.5 Å². The smallest absolute Gasteiger partial charge is 0.338 e. The van der Waals surface area contributed by atoms with Gasteiger partial charge >= 0.3 is 5.97 Å². The first-order valence-electron chi connectivity index (χ1n) is 8.28. The van der Waals surface area contributed by atoms with E-state index in [-0.39, 0.29) is 12.5 Å². The van der Waals surface area contributed by atoms with Gasteiger partial charge in [-0.1, -0.05) is 24.3 Å². The van der Waals surface area contributed by atoms with Crippen LogP contribution in [-0.2, 0) is 11.3 Å². The molecular formula is C20H17ClN2O5. The molecule has 0 aliphatic carbocycles. The van der Waals surface area contributed by atoms with Crippen molar-refractivity contribution >= 4 is 17.6 Å². The third-order valence-corrected chi connectivity index (χ3v) is 3.89. The van der Waals surface area contributed by atoms with E-state index in [1.54, 1.807) is 42.5 Å². The lowest BCUT2D eigenvalue weighted by atomic mass is 10.2. The van der Waals surface area contributed by atoms with Crippen molar-refractivity contribution in [1.29, 1.82) is 0 Å². The molecule has 8 heteroatoms. The maximum Gasteiger partial charge on any atom is 0.338 e. The Hall–Kier alpha value is -3.32. The summed E-state index contributed by atoms with van der Waals surface area (Å²) < 4.78 is 21.4. The Balaban J connectivity index is 1.64. The molecule has 3 aromatic rings. The number of nitrogens with zero attached hydrogens (tertiary/aromatic N) is 2. The first-order valence-corrected chi connectivity index (χ1v) is 8.65. The van der Waals surface area contributed by atoms with E-state index in [0.717, 1.165) is 0 Å². The maximum atomic E-state index is 12.3. The largest absolute Gasteiger partial charge is 0.493 e. The molecule has 0 aliphatic rings. The van der Waals surface area contributed by atoms with Crippen LogP contribution in [0.5, 0.6) is 11.5 Å². The van der Waals surface area contributed by atoms with E-state index in [9.17, 15) is 4.79 Å². The Bertz CT molecular complexity index is 969. The molecule has 0 saturated heterocycles. The molecule has 1 heterocycles. The molecule has 0 fully saturated rings. The lowest BCUT2D eigenvalue weighted by molar-refractivity contribution is 0.0438. The van der Waals surface area contributed by atoms with Gasteiger partial charge in [0.1, 0.15) is 6.61 Å². The number of benzene rings is 2. The zero-order chi connectivity index (χ0) is 19.9. The molecule has 0 N–H and O–H groups in total. The van der Waals surface area contributed by atoms with E-state index in [1.165, 1.54) is 13.2 Å². The molecule has 28 heavy (non-hydrogen) atoms. The summed E-state index contributed by atoms with van der Waals surface area (Å²) in [6.45, 7) is 3.76. The Morgan fingerprint density at radius 2 is 1.96 bits per heavy atom. The second-order valence-corrected chi connectivity index (χ2v) is 5.99. The molecule has 0 unspecified atom stereocenters. The van der Waals surface area contributed by atoms with Crippen LogP contribution in [0.3, 0.4) is 0 Å². The second-order valence-electron chi connectivity index (χ2n) is 5.55. The molecule has 0 amide bonds. The predicted molar refractivity (Wildman–Crippen MR) is 103 cm³/mol.